The number of halogens is 1. The molecule has 2 aromatic rings. The highest BCUT2D eigenvalue weighted by atomic mass is 35.5. The zero-order valence-electron chi connectivity index (χ0n) is 14.8. The Hall–Kier alpha value is -2.86. The van der Waals surface area contributed by atoms with Gasteiger partial charge >= 0.3 is 5.97 Å². The highest BCUT2D eigenvalue weighted by Crippen LogP contribution is 2.23. The molecule has 0 spiro atoms. The molecule has 1 aliphatic rings. The van der Waals surface area contributed by atoms with E-state index in [1.165, 1.54) is 4.90 Å². The average Bonchev–Trinajstić information content (AvgIpc) is 2.65. The van der Waals surface area contributed by atoms with E-state index in [0.717, 1.165) is 11.1 Å². The fraction of sp³-hybridized carbons (Fsp3) is 0.250. The van der Waals surface area contributed by atoms with Gasteiger partial charge in [-0.25, -0.2) is 4.79 Å². The number of esters is 1. The maximum absolute atomic E-state index is 12.2. The average molecular weight is 387 g/mol. The molecule has 0 saturated carbocycles. The van der Waals surface area contributed by atoms with Gasteiger partial charge in [0.05, 0.1) is 5.56 Å². The minimum Gasteiger partial charge on any atom is -0.452 e. The summed E-state index contributed by atoms with van der Waals surface area (Å²) in [4.78, 5) is 37.3. The van der Waals surface area contributed by atoms with E-state index in [0.29, 0.717) is 35.7 Å². The van der Waals surface area contributed by atoms with Crippen molar-refractivity contribution in [2.75, 3.05) is 19.0 Å². The summed E-state index contributed by atoms with van der Waals surface area (Å²) in [5.74, 6) is -0.918. The Morgan fingerprint density at radius 2 is 2.00 bits per heavy atom. The highest BCUT2D eigenvalue weighted by Gasteiger charge is 2.18. The number of anilines is 1. The first-order valence-corrected chi connectivity index (χ1v) is 8.88. The van der Waals surface area contributed by atoms with E-state index < -0.39 is 5.97 Å². The van der Waals surface area contributed by atoms with Crippen LogP contribution in [0, 0.1) is 0 Å². The predicted octanol–water partition coefficient (Wildman–Crippen LogP) is 3.04. The Morgan fingerprint density at radius 3 is 2.78 bits per heavy atom. The lowest BCUT2D eigenvalue weighted by molar-refractivity contribution is -0.133. The molecule has 0 atom stereocenters. The first kappa shape index (κ1) is 18.9. The van der Waals surface area contributed by atoms with Crippen LogP contribution in [0.4, 0.5) is 5.69 Å². The quantitative estimate of drug-likeness (QED) is 0.801. The zero-order valence-corrected chi connectivity index (χ0v) is 15.6. The lowest BCUT2D eigenvalue weighted by Gasteiger charge is -2.18. The van der Waals surface area contributed by atoms with Crippen molar-refractivity contribution in [3.8, 4) is 0 Å². The Balaban J connectivity index is 1.55. The second kappa shape index (κ2) is 8.22. The summed E-state index contributed by atoms with van der Waals surface area (Å²) >= 11 is 5.94. The summed E-state index contributed by atoms with van der Waals surface area (Å²) in [6.45, 7) is 0.0270. The summed E-state index contributed by atoms with van der Waals surface area (Å²) in [7, 11) is 1.64. The molecule has 1 aliphatic heterocycles. The van der Waals surface area contributed by atoms with Gasteiger partial charge < -0.3 is 15.0 Å². The molecule has 2 amide bonds. The molecule has 0 aliphatic carbocycles. The molecule has 0 unspecified atom stereocenters. The molecule has 0 aromatic heterocycles. The van der Waals surface area contributed by atoms with Gasteiger partial charge in [0.15, 0.2) is 6.61 Å². The standard InChI is InChI=1S/C20H19ClN2O4/c1-23(11-13-3-2-4-16(21)9-13)19(25)12-27-20(26)15-5-7-17-14(10-15)6-8-18(24)22-17/h2-5,7,9-10H,6,8,11-12H2,1H3,(H,22,24). The molecule has 0 bridgehead atoms. The van der Waals surface area contributed by atoms with Crippen LogP contribution >= 0.6 is 11.6 Å². The van der Waals surface area contributed by atoms with Gasteiger partial charge in [-0.2, -0.15) is 0 Å². The fourth-order valence-electron chi connectivity index (χ4n) is 2.83. The van der Waals surface area contributed by atoms with E-state index in [-0.39, 0.29) is 18.4 Å². The molecule has 2 aromatic carbocycles. The number of ether oxygens (including phenoxy) is 1. The van der Waals surface area contributed by atoms with Crippen LogP contribution in [0.5, 0.6) is 0 Å². The van der Waals surface area contributed by atoms with E-state index >= 15 is 0 Å². The van der Waals surface area contributed by atoms with Gasteiger partial charge in [0.2, 0.25) is 5.91 Å². The number of aryl methyl sites for hydroxylation is 1. The zero-order chi connectivity index (χ0) is 19.4. The van der Waals surface area contributed by atoms with E-state index in [4.69, 9.17) is 16.3 Å². The minimum absolute atomic E-state index is 0.0360. The van der Waals surface area contributed by atoms with Crippen LogP contribution in [0.15, 0.2) is 42.5 Å². The Labute approximate surface area is 162 Å². The molecule has 0 saturated heterocycles. The summed E-state index contributed by atoms with van der Waals surface area (Å²) in [6, 6.07) is 12.2. The van der Waals surface area contributed by atoms with Gasteiger partial charge in [0.1, 0.15) is 0 Å². The fourth-order valence-corrected chi connectivity index (χ4v) is 3.04. The van der Waals surface area contributed by atoms with Crippen LogP contribution in [0.25, 0.3) is 0 Å². The number of hydrogen-bond donors (Lipinski definition) is 1. The molecular formula is C20H19ClN2O4. The van der Waals surface area contributed by atoms with Gasteiger partial charge in [0, 0.05) is 30.7 Å². The number of benzene rings is 2. The van der Waals surface area contributed by atoms with E-state index in [2.05, 4.69) is 5.32 Å². The van der Waals surface area contributed by atoms with Gasteiger partial charge in [-0.1, -0.05) is 23.7 Å². The first-order valence-electron chi connectivity index (χ1n) is 8.50. The second-order valence-corrected chi connectivity index (χ2v) is 6.81. The normalized spacial score (nSPS) is 12.7. The van der Waals surface area contributed by atoms with Crippen molar-refractivity contribution >= 4 is 35.1 Å². The molecule has 140 valence electrons. The van der Waals surface area contributed by atoms with Crippen molar-refractivity contribution in [1.82, 2.24) is 4.90 Å². The minimum atomic E-state index is -0.570. The van der Waals surface area contributed by atoms with Crippen LogP contribution in [-0.2, 0) is 27.3 Å². The number of nitrogens with zero attached hydrogens (tertiary/aromatic N) is 1. The molecule has 3 rings (SSSR count). The molecular weight excluding hydrogens is 368 g/mol. The number of carbonyl (C=O) groups excluding carboxylic acids is 3. The van der Waals surface area contributed by atoms with Crippen LogP contribution in [0.3, 0.4) is 0 Å². The first-order chi connectivity index (χ1) is 12.9. The number of amides is 2. The van der Waals surface area contributed by atoms with Crippen LogP contribution < -0.4 is 5.32 Å². The predicted molar refractivity (Wildman–Crippen MR) is 102 cm³/mol. The Morgan fingerprint density at radius 1 is 1.19 bits per heavy atom. The molecule has 0 radical (unpaired) electrons. The van der Waals surface area contributed by atoms with E-state index in [9.17, 15) is 14.4 Å². The van der Waals surface area contributed by atoms with Gasteiger partial charge in [-0.3, -0.25) is 9.59 Å². The summed E-state index contributed by atoms with van der Waals surface area (Å²) in [5.41, 5.74) is 2.84. The van der Waals surface area contributed by atoms with Crippen molar-refractivity contribution < 1.29 is 19.1 Å². The smallest absolute Gasteiger partial charge is 0.338 e. The van der Waals surface area contributed by atoms with Crippen molar-refractivity contribution in [3.05, 3.63) is 64.2 Å². The largest absolute Gasteiger partial charge is 0.452 e. The third-order valence-corrected chi connectivity index (χ3v) is 4.53. The summed E-state index contributed by atoms with van der Waals surface area (Å²) in [6.07, 6.45) is 0.960. The second-order valence-electron chi connectivity index (χ2n) is 6.38. The maximum Gasteiger partial charge on any atom is 0.338 e. The monoisotopic (exact) mass is 386 g/mol. The maximum atomic E-state index is 12.2. The van der Waals surface area contributed by atoms with Crippen molar-refractivity contribution in [2.45, 2.75) is 19.4 Å². The number of hydrogen-bond acceptors (Lipinski definition) is 4. The Kier molecular flexibility index (Phi) is 5.76. The molecule has 27 heavy (non-hydrogen) atoms. The van der Waals surface area contributed by atoms with Crippen molar-refractivity contribution in [3.63, 3.8) is 0 Å². The van der Waals surface area contributed by atoms with E-state index in [1.54, 1.807) is 37.4 Å². The van der Waals surface area contributed by atoms with Gasteiger partial charge in [-0.15, -0.1) is 0 Å². The molecule has 6 nitrogen and oxygen atoms in total. The number of rotatable bonds is 5. The van der Waals surface area contributed by atoms with Crippen LogP contribution in [0.1, 0.15) is 27.9 Å². The van der Waals surface area contributed by atoms with Crippen LogP contribution in [0.2, 0.25) is 5.02 Å². The third-order valence-electron chi connectivity index (χ3n) is 4.30. The highest BCUT2D eigenvalue weighted by molar-refractivity contribution is 6.30. The number of carbonyl (C=O) groups is 3. The molecule has 1 N–H and O–H groups in total. The molecule has 1 heterocycles. The summed E-state index contributed by atoms with van der Waals surface area (Å²) in [5, 5.41) is 3.36. The summed E-state index contributed by atoms with van der Waals surface area (Å²) < 4.78 is 5.14. The lowest BCUT2D eigenvalue weighted by Crippen LogP contribution is -2.30. The van der Waals surface area contributed by atoms with Crippen molar-refractivity contribution in [1.29, 1.82) is 0 Å². The SMILES string of the molecule is CN(Cc1cccc(Cl)c1)C(=O)COC(=O)c1ccc2c(c1)CCC(=O)N2. The van der Waals surface area contributed by atoms with Crippen LogP contribution in [-0.4, -0.2) is 36.3 Å². The number of likely N-dealkylation sites (N-methyl/N-ethyl adjacent to an activating group) is 1. The number of fused-ring (bicyclic) bond motifs is 1. The van der Waals surface area contributed by atoms with Gasteiger partial charge in [0.25, 0.3) is 5.91 Å². The number of nitrogens with one attached hydrogen (secondary N) is 1. The molecule has 7 heteroatoms. The van der Waals surface area contributed by atoms with Crippen molar-refractivity contribution in [2.24, 2.45) is 0 Å². The third kappa shape index (κ3) is 4.86. The van der Waals surface area contributed by atoms with E-state index in [1.807, 2.05) is 12.1 Å². The lowest BCUT2D eigenvalue weighted by atomic mass is 10.0. The topological polar surface area (TPSA) is 75.7 Å². The molecule has 0 fully saturated rings. The van der Waals surface area contributed by atoms with Gasteiger partial charge in [-0.05, 0) is 47.9 Å². The Bertz CT molecular complexity index is 897.